The molecule has 3 aromatic carbocycles. The van der Waals surface area contributed by atoms with Crippen molar-refractivity contribution in [2.75, 3.05) is 23.9 Å². The number of allylic oxidation sites excluding steroid dienone is 4. The van der Waals surface area contributed by atoms with Crippen LogP contribution in [-0.4, -0.2) is 41.7 Å². The molecule has 0 N–H and O–H groups in total. The first-order valence-electron chi connectivity index (χ1n) is 11.5. The van der Waals surface area contributed by atoms with Crippen LogP contribution in [0.3, 0.4) is 0 Å². The van der Waals surface area contributed by atoms with Crippen molar-refractivity contribution in [2.45, 2.75) is 0 Å². The highest BCUT2D eigenvalue weighted by atomic mass is 16.2. The predicted octanol–water partition coefficient (Wildman–Crippen LogP) is 5.35. The zero-order valence-electron chi connectivity index (χ0n) is 19.9. The average molecular weight is 477 g/mol. The van der Waals surface area contributed by atoms with Crippen molar-refractivity contribution in [3.8, 4) is 0 Å². The molecule has 0 aromatic heterocycles. The summed E-state index contributed by atoms with van der Waals surface area (Å²) in [6.45, 7) is 0. The van der Waals surface area contributed by atoms with E-state index in [0.717, 1.165) is 38.4 Å². The van der Waals surface area contributed by atoms with Crippen LogP contribution in [0, 0.1) is 0 Å². The molecule has 4 amide bonds. The van der Waals surface area contributed by atoms with E-state index in [1.54, 1.807) is 12.2 Å². The summed E-state index contributed by atoms with van der Waals surface area (Å²) in [5.41, 5.74) is 4.00. The molecule has 2 heterocycles. The van der Waals surface area contributed by atoms with Crippen LogP contribution >= 0.6 is 0 Å². The molecule has 178 valence electrons. The van der Waals surface area contributed by atoms with Gasteiger partial charge in [-0.3, -0.25) is 29.2 Å². The number of fused-ring (bicyclic) bond motifs is 1. The minimum absolute atomic E-state index is 0.0659. The number of likely N-dealkylation sites (N-methyl/N-ethyl adjacent to an activating group) is 2. The Labute approximate surface area is 209 Å². The van der Waals surface area contributed by atoms with E-state index in [1.807, 2.05) is 78.9 Å². The molecule has 1 fully saturated rings. The first kappa shape index (κ1) is 22.9. The summed E-state index contributed by atoms with van der Waals surface area (Å²) in [5.74, 6) is -0.357. The summed E-state index contributed by atoms with van der Waals surface area (Å²) < 4.78 is 0. The van der Waals surface area contributed by atoms with Crippen molar-refractivity contribution in [2.24, 2.45) is 0 Å². The Bertz CT molecular complexity index is 1330. The summed E-state index contributed by atoms with van der Waals surface area (Å²) in [6.07, 6.45) is 6.82. The maximum Gasteiger partial charge on any atom is 0.333 e. The molecule has 1 saturated heterocycles. The zero-order valence-corrected chi connectivity index (χ0v) is 19.9. The van der Waals surface area contributed by atoms with Gasteiger partial charge in [-0.25, -0.2) is 4.79 Å². The smallest absolute Gasteiger partial charge is 0.294 e. The van der Waals surface area contributed by atoms with Gasteiger partial charge >= 0.3 is 6.03 Å². The van der Waals surface area contributed by atoms with Crippen LogP contribution < -0.4 is 9.80 Å². The van der Waals surface area contributed by atoms with Gasteiger partial charge in [-0.05, 0) is 48.6 Å². The number of anilines is 4. The molecule has 0 bridgehead atoms. The number of imide groups is 2. The molecule has 0 radical (unpaired) electrons. The van der Waals surface area contributed by atoms with Gasteiger partial charge in [-0.1, -0.05) is 60.7 Å². The first-order valence-corrected chi connectivity index (χ1v) is 11.5. The zero-order chi connectivity index (χ0) is 25.2. The SMILES string of the molecule is CN1C(=O)C(=C/C=C/C=C2N(c3ccccc3)c3ccccc3N2c2ccccc2)C(=O)N(C)C1=O. The maximum absolute atomic E-state index is 12.5. The molecule has 0 unspecified atom stereocenters. The van der Waals surface area contributed by atoms with Crippen LogP contribution in [0.2, 0.25) is 0 Å². The molecule has 7 heteroatoms. The van der Waals surface area contributed by atoms with E-state index < -0.39 is 17.8 Å². The number of carbonyl (C=O) groups is 3. The minimum atomic E-state index is -0.644. The highest BCUT2D eigenvalue weighted by Crippen LogP contribution is 2.49. The summed E-state index contributed by atoms with van der Waals surface area (Å²) in [7, 11) is 2.72. The largest absolute Gasteiger partial charge is 0.333 e. The van der Waals surface area contributed by atoms with E-state index in [9.17, 15) is 14.4 Å². The molecule has 5 rings (SSSR count). The molecule has 36 heavy (non-hydrogen) atoms. The number of hydrogen-bond acceptors (Lipinski definition) is 5. The molecular weight excluding hydrogens is 452 g/mol. The predicted molar refractivity (Wildman–Crippen MR) is 140 cm³/mol. The second kappa shape index (κ2) is 9.38. The molecule has 0 spiro atoms. The fourth-order valence-corrected chi connectivity index (χ4v) is 4.32. The van der Waals surface area contributed by atoms with Crippen LogP contribution in [0.5, 0.6) is 0 Å². The van der Waals surface area contributed by atoms with Gasteiger partial charge in [-0.2, -0.15) is 0 Å². The number of nitrogens with zero attached hydrogens (tertiary/aromatic N) is 4. The molecule has 0 saturated carbocycles. The van der Waals surface area contributed by atoms with Crippen molar-refractivity contribution >= 4 is 40.6 Å². The van der Waals surface area contributed by atoms with Gasteiger partial charge < -0.3 is 0 Å². The lowest BCUT2D eigenvalue weighted by molar-refractivity contribution is -0.134. The topological polar surface area (TPSA) is 64.2 Å². The average Bonchev–Trinajstić information content (AvgIpc) is 3.25. The van der Waals surface area contributed by atoms with Crippen molar-refractivity contribution in [3.63, 3.8) is 0 Å². The van der Waals surface area contributed by atoms with Gasteiger partial charge in [0, 0.05) is 25.5 Å². The fraction of sp³-hybridized carbons (Fsp3) is 0.0690. The Morgan fingerprint density at radius 2 is 0.972 bits per heavy atom. The van der Waals surface area contributed by atoms with Gasteiger partial charge in [0.25, 0.3) is 11.8 Å². The molecule has 2 aliphatic rings. The number of benzene rings is 3. The monoisotopic (exact) mass is 476 g/mol. The second-order valence-corrected chi connectivity index (χ2v) is 8.33. The van der Waals surface area contributed by atoms with Crippen molar-refractivity contribution < 1.29 is 14.4 Å². The normalized spacial score (nSPS) is 15.8. The summed E-state index contributed by atoms with van der Waals surface area (Å²) >= 11 is 0. The Hall–Kier alpha value is -4.91. The van der Waals surface area contributed by atoms with E-state index in [2.05, 4.69) is 21.9 Å². The third-order valence-electron chi connectivity index (χ3n) is 6.11. The molecule has 7 nitrogen and oxygen atoms in total. The van der Waals surface area contributed by atoms with E-state index in [1.165, 1.54) is 20.2 Å². The Balaban J connectivity index is 1.58. The highest BCUT2D eigenvalue weighted by Gasteiger charge is 2.37. The van der Waals surface area contributed by atoms with Crippen molar-refractivity contribution in [1.29, 1.82) is 0 Å². The molecule has 0 atom stereocenters. The molecule has 0 aliphatic carbocycles. The third-order valence-corrected chi connectivity index (χ3v) is 6.11. The third kappa shape index (κ3) is 3.86. The number of barbiturate groups is 1. The van der Waals surface area contributed by atoms with Gasteiger partial charge in [-0.15, -0.1) is 0 Å². The Kier molecular flexibility index (Phi) is 5.96. The van der Waals surface area contributed by atoms with Crippen LogP contribution in [0.1, 0.15) is 0 Å². The molecular formula is C29H24N4O3. The standard InChI is InChI=1S/C29H24N4O3/c1-30-27(34)23(28(35)31(2)29(30)36)17-9-12-20-26-32(21-13-5-3-6-14-21)24-18-10-11-19-25(24)33(26)22-15-7-4-8-16-22/h3-20H,1-2H3/b12-9+. The lowest BCUT2D eigenvalue weighted by Gasteiger charge is -2.28. The van der Waals surface area contributed by atoms with Crippen LogP contribution in [0.4, 0.5) is 27.5 Å². The van der Waals surface area contributed by atoms with Crippen LogP contribution in [-0.2, 0) is 9.59 Å². The van der Waals surface area contributed by atoms with E-state index in [0.29, 0.717) is 0 Å². The van der Waals surface area contributed by atoms with E-state index >= 15 is 0 Å². The first-order chi connectivity index (χ1) is 17.5. The van der Waals surface area contributed by atoms with Crippen LogP contribution in [0.25, 0.3) is 0 Å². The van der Waals surface area contributed by atoms with Crippen LogP contribution in [0.15, 0.2) is 121 Å². The van der Waals surface area contributed by atoms with Gasteiger partial charge in [0.2, 0.25) is 0 Å². The van der Waals surface area contributed by atoms with E-state index in [-0.39, 0.29) is 5.57 Å². The van der Waals surface area contributed by atoms with Crippen molar-refractivity contribution in [3.05, 3.63) is 121 Å². The summed E-state index contributed by atoms with van der Waals surface area (Å²) in [5, 5.41) is 0. The molecule has 3 aromatic rings. The fourth-order valence-electron chi connectivity index (χ4n) is 4.32. The number of amides is 4. The van der Waals surface area contributed by atoms with Gasteiger partial charge in [0.1, 0.15) is 11.4 Å². The Morgan fingerprint density at radius 3 is 1.44 bits per heavy atom. The maximum atomic E-state index is 12.5. The molecule has 2 aliphatic heterocycles. The summed E-state index contributed by atoms with van der Waals surface area (Å²) in [4.78, 5) is 43.2. The second-order valence-electron chi connectivity index (χ2n) is 8.33. The number of carbonyl (C=O) groups excluding carboxylic acids is 3. The number of para-hydroxylation sites is 4. The van der Waals surface area contributed by atoms with Gasteiger partial charge in [0.15, 0.2) is 0 Å². The van der Waals surface area contributed by atoms with E-state index in [4.69, 9.17) is 0 Å². The lowest BCUT2D eigenvalue weighted by Crippen LogP contribution is -2.52. The highest BCUT2D eigenvalue weighted by molar-refractivity contribution is 6.28. The van der Waals surface area contributed by atoms with Crippen molar-refractivity contribution in [1.82, 2.24) is 9.80 Å². The lowest BCUT2D eigenvalue weighted by atomic mass is 10.1. The number of hydrogen-bond donors (Lipinski definition) is 0. The minimum Gasteiger partial charge on any atom is -0.294 e. The summed E-state index contributed by atoms with van der Waals surface area (Å²) in [6, 6.07) is 27.7. The Morgan fingerprint density at radius 1 is 0.556 bits per heavy atom. The number of rotatable bonds is 4. The van der Waals surface area contributed by atoms with Gasteiger partial charge in [0.05, 0.1) is 11.4 Å². The quantitative estimate of drug-likeness (QED) is 0.375. The number of urea groups is 1.